The van der Waals surface area contributed by atoms with Gasteiger partial charge >= 0.3 is 6.18 Å². The Hall–Kier alpha value is -2.17. The third-order valence-corrected chi connectivity index (χ3v) is 4.30. The van der Waals surface area contributed by atoms with E-state index in [1.165, 1.54) is 0 Å². The maximum Gasteiger partial charge on any atom is 0.416 e. The molecule has 23 heavy (non-hydrogen) atoms. The molecule has 0 saturated heterocycles. The maximum atomic E-state index is 12.6. The topological polar surface area (TPSA) is 18.5 Å². The van der Waals surface area contributed by atoms with Crippen LogP contribution in [0.4, 0.5) is 13.2 Å². The van der Waals surface area contributed by atoms with Crippen LogP contribution in [0.1, 0.15) is 34.9 Å². The molecule has 0 aromatic heterocycles. The molecule has 0 amide bonds. The summed E-state index contributed by atoms with van der Waals surface area (Å²) < 4.78 is 48.4. The van der Waals surface area contributed by atoms with Gasteiger partial charge in [-0.2, -0.15) is 13.2 Å². The molecule has 3 rings (SSSR count). The summed E-state index contributed by atoms with van der Waals surface area (Å²) in [5.41, 5.74) is 1.39. The monoisotopic (exact) mass is 322 g/mol. The van der Waals surface area contributed by atoms with Gasteiger partial charge in [0.1, 0.15) is 11.5 Å². The Morgan fingerprint density at radius 2 is 1.61 bits per heavy atom. The van der Waals surface area contributed by atoms with Crippen molar-refractivity contribution in [1.82, 2.24) is 0 Å². The molecular formula is C18H17F3O2. The molecular weight excluding hydrogens is 305 g/mol. The molecule has 2 aromatic rings. The zero-order chi connectivity index (χ0) is 16.6. The fraction of sp³-hybridized carbons (Fsp3) is 0.333. The maximum absolute atomic E-state index is 12.6. The molecule has 1 aliphatic rings. The van der Waals surface area contributed by atoms with Crippen molar-refractivity contribution in [3.05, 3.63) is 59.2 Å². The van der Waals surface area contributed by atoms with Crippen molar-refractivity contribution in [3.63, 3.8) is 0 Å². The van der Waals surface area contributed by atoms with Gasteiger partial charge in [0, 0.05) is 6.07 Å². The van der Waals surface area contributed by atoms with Gasteiger partial charge in [-0.3, -0.25) is 0 Å². The largest absolute Gasteiger partial charge is 0.497 e. The summed E-state index contributed by atoms with van der Waals surface area (Å²) in [5.74, 6) is 1.98. The van der Waals surface area contributed by atoms with E-state index in [2.05, 4.69) is 0 Å². The van der Waals surface area contributed by atoms with Crippen molar-refractivity contribution in [1.29, 1.82) is 0 Å². The summed E-state index contributed by atoms with van der Waals surface area (Å²) >= 11 is 0. The van der Waals surface area contributed by atoms with E-state index in [1.54, 1.807) is 26.4 Å². The van der Waals surface area contributed by atoms with E-state index in [1.807, 2.05) is 18.2 Å². The summed E-state index contributed by atoms with van der Waals surface area (Å²) in [6.07, 6.45) is -3.38. The molecule has 122 valence electrons. The Morgan fingerprint density at radius 3 is 2.17 bits per heavy atom. The van der Waals surface area contributed by atoms with Crippen molar-refractivity contribution < 1.29 is 22.6 Å². The van der Waals surface area contributed by atoms with Crippen molar-refractivity contribution >= 4 is 0 Å². The number of benzene rings is 2. The molecule has 1 fully saturated rings. The highest BCUT2D eigenvalue weighted by molar-refractivity contribution is 5.48. The Balaban J connectivity index is 1.79. The van der Waals surface area contributed by atoms with Gasteiger partial charge in [-0.15, -0.1) is 0 Å². The van der Waals surface area contributed by atoms with E-state index in [-0.39, 0.29) is 11.8 Å². The van der Waals surface area contributed by atoms with Crippen LogP contribution in [0.15, 0.2) is 42.5 Å². The molecule has 0 aliphatic heterocycles. The van der Waals surface area contributed by atoms with Crippen LogP contribution in [0, 0.1) is 0 Å². The number of halogens is 3. The van der Waals surface area contributed by atoms with E-state index in [0.29, 0.717) is 0 Å². The first-order valence-electron chi connectivity index (χ1n) is 7.33. The third kappa shape index (κ3) is 3.14. The first-order valence-corrected chi connectivity index (χ1v) is 7.33. The average Bonchev–Trinajstić information content (AvgIpc) is 3.34. The number of rotatable bonds is 4. The molecule has 2 atom stereocenters. The van der Waals surface area contributed by atoms with Gasteiger partial charge in [-0.05, 0) is 47.6 Å². The summed E-state index contributed by atoms with van der Waals surface area (Å²) in [6.45, 7) is 0. The van der Waals surface area contributed by atoms with Crippen molar-refractivity contribution in [2.24, 2.45) is 0 Å². The molecule has 1 saturated carbocycles. The standard InChI is InChI=1S/C18H17F3O2/c1-22-13-7-8-14(17(9-13)23-2)16-10-15(16)11-3-5-12(6-4-11)18(19,20)21/h3-9,15-16H,10H2,1-2H3/t15-,16-/m0/s1. The molecule has 2 nitrogen and oxygen atoms in total. The highest BCUT2D eigenvalue weighted by Gasteiger charge is 2.41. The fourth-order valence-electron chi connectivity index (χ4n) is 2.95. The Bertz CT molecular complexity index is 692. The van der Waals surface area contributed by atoms with Gasteiger partial charge < -0.3 is 9.47 Å². The number of alkyl halides is 3. The van der Waals surface area contributed by atoms with Gasteiger partial charge in [0.15, 0.2) is 0 Å². The molecule has 0 bridgehead atoms. The van der Waals surface area contributed by atoms with Crippen LogP contribution in [-0.2, 0) is 6.18 Å². The SMILES string of the molecule is COc1ccc([C@@H]2C[C@H]2c2ccc(C(F)(F)F)cc2)c(OC)c1. The average molecular weight is 322 g/mol. The lowest BCUT2D eigenvalue weighted by molar-refractivity contribution is -0.137. The summed E-state index contributed by atoms with van der Waals surface area (Å²) in [7, 11) is 3.20. The van der Waals surface area contributed by atoms with Crippen LogP contribution in [0.25, 0.3) is 0 Å². The van der Waals surface area contributed by atoms with Crippen molar-refractivity contribution in [3.8, 4) is 11.5 Å². The van der Waals surface area contributed by atoms with E-state index in [9.17, 15) is 13.2 Å². The van der Waals surface area contributed by atoms with E-state index in [0.717, 1.165) is 41.2 Å². The summed E-state index contributed by atoms with van der Waals surface area (Å²) in [6, 6.07) is 11.1. The quantitative estimate of drug-likeness (QED) is 0.789. The first kappa shape index (κ1) is 15.7. The van der Waals surface area contributed by atoms with Crippen LogP contribution < -0.4 is 9.47 Å². The summed E-state index contributed by atoms with van der Waals surface area (Å²) in [4.78, 5) is 0. The van der Waals surface area contributed by atoms with E-state index >= 15 is 0 Å². The predicted octanol–water partition coefficient (Wildman–Crippen LogP) is 4.99. The highest BCUT2D eigenvalue weighted by Crippen LogP contribution is 2.57. The molecule has 0 unspecified atom stereocenters. The molecule has 0 N–H and O–H groups in total. The second-order valence-electron chi connectivity index (χ2n) is 5.68. The lowest BCUT2D eigenvalue weighted by atomic mass is 10.0. The van der Waals surface area contributed by atoms with Gasteiger partial charge in [0.2, 0.25) is 0 Å². The van der Waals surface area contributed by atoms with Crippen LogP contribution in [0.5, 0.6) is 11.5 Å². The van der Waals surface area contributed by atoms with Gasteiger partial charge in [0.25, 0.3) is 0 Å². The number of methoxy groups -OCH3 is 2. The fourth-order valence-corrected chi connectivity index (χ4v) is 2.95. The van der Waals surface area contributed by atoms with Gasteiger partial charge in [-0.1, -0.05) is 18.2 Å². The van der Waals surface area contributed by atoms with Crippen LogP contribution >= 0.6 is 0 Å². The van der Waals surface area contributed by atoms with Crippen LogP contribution in [-0.4, -0.2) is 14.2 Å². The normalized spacial score (nSPS) is 20.2. The van der Waals surface area contributed by atoms with Gasteiger partial charge in [-0.25, -0.2) is 0 Å². The minimum atomic E-state index is -4.29. The minimum absolute atomic E-state index is 0.236. The number of hydrogen-bond acceptors (Lipinski definition) is 2. The van der Waals surface area contributed by atoms with Crippen LogP contribution in [0.3, 0.4) is 0 Å². The Labute approximate surface area is 132 Å². The zero-order valence-electron chi connectivity index (χ0n) is 12.9. The minimum Gasteiger partial charge on any atom is -0.497 e. The highest BCUT2D eigenvalue weighted by atomic mass is 19.4. The zero-order valence-corrected chi connectivity index (χ0v) is 12.9. The molecule has 5 heteroatoms. The predicted molar refractivity (Wildman–Crippen MR) is 81.1 cm³/mol. The van der Waals surface area contributed by atoms with Crippen molar-refractivity contribution in [2.75, 3.05) is 14.2 Å². The second-order valence-corrected chi connectivity index (χ2v) is 5.68. The smallest absolute Gasteiger partial charge is 0.416 e. The molecule has 0 heterocycles. The number of hydrogen-bond donors (Lipinski definition) is 0. The summed E-state index contributed by atoms with van der Waals surface area (Å²) in [5, 5.41) is 0. The molecule has 0 spiro atoms. The Morgan fingerprint density at radius 1 is 0.913 bits per heavy atom. The van der Waals surface area contributed by atoms with Crippen molar-refractivity contribution in [2.45, 2.75) is 24.4 Å². The van der Waals surface area contributed by atoms with Gasteiger partial charge in [0.05, 0.1) is 19.8 Å². The molecule has 2 aromatic carbocycles. The van der Waals surface area contributed by atoms with E-state index in [4.69, 9.17) is 9.47 Å². The first-order chi connectivity index (χ1) is 10.9. The van der Waals surface area contributed by atoms with E-state index < -0.39 is 11.7 Å². The molecule has 0 radical (unpaired) electrons. The lowest BCUT2D eigenvalue weighted by Gasteiger charge is -2.11. The molecule has 1 aliphatic carbocycles. The van der Waals surface area contributed by atoms with Crippen LogP contribution in [0.2, 0.25) is 0 Å². The Kier molecular flexibility index (Phi) is 3.96. The second kappa shape index (κ2) is 5.80. The third-order valence-electron chi connectivity index (χ3n) is 4.30. The number of ether oxygens (including phenoxy) is 2. The lowest BCUT2D eigenvalue weighted by Crippen LogP contribution is -2.04.